The van der Waals surface area contributed by atoms with E-state index in [9.17, 15) is 9.59 Å². The first-order chi connectivity index (χ1) is 11.3. The molecule has 1 aromatic heterocycles. The average Bonchev–Trinajstić information content (AvgIpc) is 2.96. The van der Waals surface area contributed by atoms with Crippen LogP contribution in [0, 0.1) is 5.41 Å². The van der Waals surface area contributed by atoms with E-state index in [4.69, 9.17) is 5.11 Å². The van der Waals surface area contributed by atoms with Gasteiger partial charge in [0.15, 0.2) is 5.78 Å². The van der Waals surface area contributed by atoms with Crippen LogP contribution in [0.25, 0.3) is 22.0 Å². The van der Waals surface area contributed by atoms with E-state index in [1.165, 1.54) is 0 Å². The molecule has 0 bridgehead atoms. The SMILES string of the molecule is CC(C)(C)C(=O)c1cc2ccc(-c3cccc(C(=O)O)c3)cc2[nH]1. The summed E-state index contributed by atoms with van der Waals surface area (Å²) < 4.78 is 0. The predicted octanol–water partition coefficient (Wildman–Crippen LogP) is 4.76. The fourth-order valence-electron chi connectivity index (χ4n) is 2.66. The number of aromatic amines is 1. The summed E-state index contributed by atoms with van der Waals surface area (Å²) in [5.41, 5.74) is 2.99. The zero-order valence-corrected chi connectivity index (χ0v) is 13.9. The van der Waals surface area contributed by atoms with E-state index < -0.39 is 11.4 Å². The van der Waals surface area contributed by atoms with Crippen molar-refractivity contribution < 1.29 is 14.7 Å². The van der Waals surface area contributed by atoms with Crippen molar-refractivity contribution in [3.63, 3.8) is 0 Å². The molecule has 122 valence electrons. The number of nitrogens with one attached hydrogen (secondary N) is 1. The summed E-state index contributed by atoms with van der Waals surface area (Å²) in [5, 5.41) is 10.1. The molecule has 0 radical (unpaired) electrons. The Balaban J connectivity index is 2.05. The second-order valence-corrected chi connectivity index (χ2v) is 6.95. The number of carbonyl (C=O) groups excluding carboxylic acids is 1. The van der Waals surface area contributed by atoms with E-state index in [-0.39, 0.29) is 11.3 Å². The van der Waals surface area contributed by atoms with E-state index in [0.717, 1.165) is 22.0 Å². The normalized spacial score (nSPS) is 11.6. The van der Waals surface area contributed by atoms with Crippen molar-refractivity contribution in [3.05, 3.63) is 59.8 Å². The number of hydrogen-bond acceptors (Lipinski definition) is 2. The lowest BCUT2D eigenvalue weighted by Crippen LogP contribution is -2.20. The molecule has 0 saturated heterocycles. The maximum atomic E-state index is 12.4. The lowest BCUT2D eigenvalue weighted by Gasteiger charge is -2.14. The number of Topliss-reactive ketones (excluding diaryl/α,β-unsaturated/α-hetero) is 1. The topological polar surface area (TPSA) is 70.2 Å². The van der Waals surface area contributed by atoms with Crippen molar-refractivity contribution >= 4 is 22.7 Å². The molecule has 3 aromatic rings. The van der Waals surface area contributed by atoms with E-state index >= 15 is 0 Å². The molecular weight excluding hydrogens is 302 g/mol. The Hall–Kier alpha value is -2.88. The van der Waals surface area contributed by atoms with Crippen LogP contribution >= 0.6 is 0 Å². The Morgan fingerprint density at radius 2 is 1.67 bits per heavy atom. The van der Waals surface area contributed by atoms with Crippen LogP contribution in [0.15, 0.2) is 48.5 Å². The van der Waals surface area contributed by atoms with Gasteiger partial charge in [-0.1, -0.05) is 45.0 Å². The van der Waals surface area contributed by atoms with Crippen LogP contribution in [0.1, 0.15) is 41.6 Å². The highest BCUT2D eigenvalue weighted by Gasteiger charge is 2.24. The van der Waals surface area contributed by atoms with Crippen LogP contribution in [0.4, 0.5) is 0 Å². The van der Waals surface area contributed by atoms with Crippen LogP contribution in [-0.4, -0.2) is 21.8 Å². The minimum atomic E-state index is -0.948. The molecular formula is C20H19NO3. The van der Waals surface area contributed by atoms with Crippen LogP contribution in [0.3, 0.4) is 0 Å². The van der Waals surface area contributed by atoms with Gasteiger partial charge in [-0.25, -0.2) is 4.79 Å². The minimum absolute atomic E-state index is 0.0631. The maximum absolute atomic E-state index is 12.4. The number of rotatable bonds is 3. The van der Waals surface area contributed by atoms with Gasteiger partial charge in [-0.05, 0) is 35.4 Å². The number of ketones is 1. The van der Waals surface area contributed by atoms with Gasteiger partial charge in [0.1, 0.15) is 0 Å². The molecule has 0 atom stereocenters. The average molecular weight is 321 g/mol. The van der Waals surface area contributed by atoms with Gasteiger partial charge in [0.05, 0.1) is 11.3 Å². The Morgan fingerprint density at radius 1 is 0.958 bits per heavy atom. The van der Waals surface area contributed by atoms with Crippen molar-refractivity contribution in [1.29, 1.82) is 0 Å². The molecule has 4 heteroatoms. The number of H-pyrrole nitrogens is 1. The zero-order valence-electron chi connectivity index (χ0n) is 13.9. The van der Waals surface area contributed by atoms with Crippen LogP contribution < -0.4 is 0 Å². The predicted molar refractivity (Wildman–Crippen MR) is 94.5 cm³/mol. The van der Waals surface area contributed by atoms with E-state index in [2.05, 4.69) is 4.98 Å². The number of hydrogen-bond donors (Lipinski definition) is 2. The van der Waals surface area contributed by atoms with Gasteiger partial charge < -0.3 is 10.1 Å². The molecule has 1 heterocycles. The first-order valence-corrected chi connectivity index (χ1v) is 7.77. The number of fused-ring (bicyclic) bond motifs is 1. The summed E-state index contributed by atoms with van der Waals surface area (Å²) in [6.45, 7) is 5.68. The number of aromatic nitrogens is 1. The van der Waals surface area contributed by atoms with Crippen LogP contribution in [-0.2, 0) is 0 Å². The zero-order chi connectivity index (χ0) is 17.5. The molecule has 2 aromatic carbocycles. The van der Waals surface area contributed by atoms with Crippen molar-refractivity contribution in [3.8, 4) is 11.1 Å². The summed E-state index contributed by atoms with van der Waals surface area (Å²) >= 11 is 0. The number of carboxylic acid groups (broad SMARTS) is 1. The second kappa shape index (κ2) is 5.64. The largest absolute Gasteiger partial charge is 0.478 e. The fraction of sp³-hybridized carbons (Fsp3) is 0.200. The third-order valence-electron chi connectivity index (χ3n) is 3.99. The van der Waals surface area contributed by atoms with Gasteiger partial charge in [-0.2, -0.15) is 0 Å². The van der Waals surface area contributed by atoms with Crippen LogP contribution in [0.2, 0.25) is 0 Å². The Kier molecular flexibility index (Phi) is 3.76. The molecule has 0 aliphatic heterocycles. The highest BCUT2D eigenvalue weighted by molar-refractivity contribution is 6.02. The number of aromatic carboxylic acids is 1. The summed E-state index contributed by atoms with van der Waals surface area (Å²) in [4.78, 5) is 26.7. The van der Waals surface area contributed by atoms with Crippen molar-refractivity contribution in [2.45, 2.75) is 20.8 Å². The molecule has 4 nitrogen and oxygen atoms in total. The van der Waals surface area contributed by atoms with Gasteiger partial charge in [0.25, 0.3) is 0 Å². The Bertz CT molecular complexity index is 945. The third kappa shape index (κ3) is 2.95. The highest BCUT2D eigenvalue weighted by Crippen LogP contribution is 2.28. The number of carbonyl (C=O) groups is 2. The summed E-state index contributed by atoms with van der Waals surface area (Å²) in [7, 11) is 0. The summed E-state index contributed by atoms with van der Waals surface area (Å²) in [6, 6.07) is 14.5. The first-order valence-electron chi connectivity index (χ1n) is 7.77. The fourth-order valence-corrected chi connectivity index (χ4v) is 2.66. The lowest BCUT2D eigenvalue weighted by atomic mass is 9.89. The van der Waals surface area contributed by atoms with Crippen molar-refractivity contribution in [1.82, 2.24) is 4.98 Å². The van der Waals surface area contributed by atoms with E-state index in [0.29, 0.717) is 5.69 Å². The van der Waals surface area contributed by atoms with Crippen molar-refractivity contribution in [2.24, 2.45) is 5.41 Å². The molecule has 0 aliphatic carbocycles. The van der Waals surface area contributed by atoms with Gasteiger partial charge in [-0.15, -0.1) is 0 Å². The van der Waals surface area contributed by atoms with Gasteiger partial charge in [0.2, 0.25) is 0 Å². The summed E-state index contributed by atoms with van der Waals surface area (Å²) in [5.74, 6) is -0.885. The molecule has 0 amide bonds. The molecule has 24 heavy (non-hydrogen) atoms. The molecule has 0 unspecified atom stereocenters. The molecule has 0 saturated carbocycles. The highest BCUT2D eigenvalue weighted by atomic mass is 16.4. The molecule has 2 N–H and O–H groups in total. The molecule has 0 aliphatic rings. The Morgan fingerprint density at radius 3 is 2.33 bits per heavy atom. The van der Waals surface area contributed by atoms with Gasteiger partial charge in [-0.3, -0.25) is 4.79 Å². The lowest BCUT2D eigenvalue weighted by molar-refractivity contribution is 0.0696. The molecule has 3 rings (SSSR count). The third-order valence-corrected chi connectivity index (χ3v) is 3.99. The quantitative estimate of drug-likeness (QED) is 0.683. The second-order valence-electron chi connectivity index (χ2n) is 6.95. The standard InChI is InChI=1S/C20H19NO3/c1-20(2,3)18(22)17-11-14-8-7-13(10-16(14)21-17)12-5-4-6-15(9-12)19(23)24/h4-11,21H,1-3H3,(H,23,24). The van der Waals surface area contributed by atoms with E-state index in [1.54, 1.807) is 18.2 Å². The van der Waals surface area contributed by atoms with Crippen molar-refractivity contribution in [2.75, 3.05) is 0 Å². The molecule has 0 fully saturated rings. The smallest absolute Gasteiger partial charge is 0.335 e. The van der Waals surface area contributed by atoms with Gasteiger partial charge >= 0.3 is 5.97 Å². The first kappa shape index (κ1) is 16.0. The maximum Gasteiger partial charge on any atom is 0.335 e. The van der Waals surface area contributed by atoms with E-state index in [1.807, 2.05) is 51.1 Å². The monoisotopic (exact) mass is 321 g/mol. The minimum Gasteiger partial charge on any atom is -0.478 e. The van der Waals surface area contributed by atoms with Gasteiger partial charge in [0, 0.05) is 16.3 Å². The van der Waals surface area contributed by atoms with Crippen LogP contribution in [0.5, 0.6) is 0 Å². The molecule has 0 spiro atoms. The summed E-state index contributed by atoms with van der Waals surface area (Å²) in [6.07, 6.45) is 0. The number of carboxylic acids is 1. The number of benzene rings is 2. The Labute approximate surface area is 140 Å².